The SMILES string of the molecule is [2H]C([2H])(Oc1ccccc1C1(O)CCN(C(=O)[C@]2(Oc3csc(C)c3)CCCN(C(=O)c3ncccc3C(F)(F)F)[C@@H]2CCC)CC1)C([2H])([2H])C([2H])([2H])C(=O)O. The van der Waals surface area contributed by atoms with Crippen LogP contribution in [0.15, 0.2) is 54.0 Å². The number of piperidine rings is 2. The van der Waals surface area contributed by atoms with Crippen LogP contribution in [0.3, 0.4) is 0 Å². The molecule has 2 N–H and O–H groups in total. The van der Waals surface area contributed by atoms with E-state index in [4.69, 9.17) is 17.7 Å². The first-order valence-corrected chi connectivity index (χ1v) is 17.0. The second kappa shape index (κ2) is 15.4. The topological polar surface area (TPSA) is 130 Å². The number of para-hydroxylation sites is 1. The lowest BCUT2D eigenvalue weighted by Crippen LogP contribution is -2.68. The van der Waals surface area contributed by atoms with Crippen LogP contribution < -0.4 is 9.47 Å². The zero-order valence-corrected chi connectivity index (χ0v) is 28.3. The zero-order valence-electron chi connectivity index (χ0n) is 33.5. The molecule has 0 radical (unpaired) electrons. The van der Waals surface area contributed by atoms with Crippen LogP contribution in [-0.2, 0) is 21.4 Å². The van der Waals surface area contributed by atoms with E-state index < -0.39 is 71.8 Å². The number of ether oxygens (including phenoxy) is 2. The summed E-state index contributed by atoms with van der Waals surface area (Å²) in [5.41, 5.74) is -5.58. The van der Waals surface area contributed by atoms with E-state index in [1.165, 1.54) is 45.4 Å². The number of hydrogen-bond donors (Lipinski definition) is 2. The minimum absolute atomic E-state index is 0.0171. The van der Waals surface area contributed by atoms with Gasteiger partial charge in [0.25, 0.3) is 11.8 Å². The van der Waals surface area contributed by atoms with Crippen LogP contribution in [0.5, 0.6) is 11.5 Å². The largest absolute Gasteiger partial charge is 0.493 e. The highest BCUT2D eigenvalue weighted by atomic mass is 32.1. The monoisotopic (exact) mass is 723 g/mol. The molecular weight excluding hydrogens is 675 g/mol. The number of aromatic nitrogens is 1. The van der Waals surface area contributed by atoms with Crippen molar-refractivity contribution in [3.05, 3.63) is 75.7 Å². The maximum absolute atomic E-state index is 15.0. The third-order valence-corrected chi connectivity index (χ3v) is 9.86. The van der Waals surface area contributed by atoms with Gasteiger partial charge in [-0.05, 0) is 63.2 Å². The van der Waals surface area contributed by atoms with Gasteiger partial charge in [-0.3, -0.25) is 19.4 Å². The minimum atomic E-state index is -4.87. The number of hydrogen-bond acceptors (Lipinski definition) is 8. The minimum Gasteiger partial charge on any atom is -0.493 e. The Labute approximate surface area is 301 Å². The van der Waals surface area contributed by atoms with Gasteiger partial charge >= 0.3 is 12.1 Å². The number of carbonyl (C=O) groups is 3. The lowest BCUT2D eigenvalue weighted by atomic mass is 9.78. The van der Waals surface area contributed by atoms with Crippen molar-refractivity contribution in [3.8, 4) is 11.5 Å². The Morgan fingerprint density at radius 3 is 2.52 bits per heavy atom. The summed E-state index contributed by atoms with van der Waals surface area (Å²) in [7, 11) is 0. The van der Waals surface area contributed by atoms with Crippen LogP contribution in [-0.4, -0.2) is 80.6 Å². The summed E-state index contributed by atoms with van der Waals surface area (Å²) in [6.45, 7) is -0.0882. The molecule has 0 aliphatic carbocycles. The van der Waals surface area contributed by atoms with Crippen LogP contribution in [0.2, 0.25) is 0 Å². The molecule has 1 aromatic carbocycles. The molecule has 0 spiro atoms. The van der Waals surface area contributed by atoms with Crippen molar-refractivity contribution in [2.24, 2.45) is 0 Å². The van der Waals surface area contributed by atoms with Gasteiger partial charge in [-0.1, -0.05) is 31.5 Å². The van der Waals surface area contributed by atoms with Gasteiger partial charge in [0, 0.05) is 59.9 Å². The van der Waals surface area contributed by atoms with Crippen LogP contribution in [0.1, 0.15) is 92.9 Å². The number of nitrogens with zero attached hydrogens (tertiary/aromatic N) is 3. The molecule has 0 saturated carbocycles. The summed E-state index contributed by atoms with van der Waals surface area (Å²) >= 11 is 1.36. The molecule has 2 saturated heterocycles. The number of aliphatic hydroxyl groups is 1. The smallest absolute Gasteiger partial charge is 0.418 e. The van der Waals surface area contributed by atoms with E-state index in [1.807, 2.05) is 13.8 Å². The van der Waals surface area contributed by atoms with Crippen LogP contribution in [0, 0.1) is 6.92 Å². The number of halogens is 3. The Bertz CT molecular complexity index is 1940. The van der Waals surface area contributed by atoms with Gasteiger partial charge in [0.1, 0.15) is 17.2 Å². The Kier molecular flexibility index (Phi) is 9.09. The summed E-state index contributed by atoms with van der Waals surface area (Å²) in [6, 6.07) is 8.07. The number of pyridine rings is 1. The number of carboxylic acids is 1. The summed E-state index contributed by atoms with van der Waals surface area (Å²) in [4.78, 5) is 47.9. The number of thiophene rings is 1. The number of aryl methyl sites for hydroxylation is 1. The predicted octanol–water partition coefficient (Wildman–Crippen LogP) is 6.45. The standard InChI is InChI=1S/C36H42F3N3O7S/c1-3-9-29-35(49-25-22-24(2)50-23-25,14-8-18-42(29)32(45)31-27(36(37,38)39)11-6-17-40-31)33(46)41-19-15-34(47,16-20-41)26-10-4-5-12-28(26)48-21-7-13-30(43)44/h4-6,10-12,17,22-23,29,47H,3,7-9,13-16,18-21H2,1-2H3,(H,43,44)/t29-,35+/m1/s1/i7D2,13D2,21D2. The molecule has 2 atom stereocenters. The number of carbonyl (C=O) groups excluding carboxylic acids is 2. The molecule has 0 unspecified atom stereocenters. The van der Waals surface area contributed by atoms with Crippen LogP contribution in [0.25, 0.3) is 0 Å². The molecule has 5 rings (SSSR count). The second-order valence-electron chi connectivity index (χ2n) is 12.3. The predicted molar refractivity (Wildman–Crippen MR) is 179 cm³/mol. The van der Waals surface area contributed by atoms with Gasteiger partial charge in [0.2, 0.25) is 5.60 Å². The summed E-state index contributed by atoms with van der Waals surface area (Å²) in [6.07, 6.45) is -10.6. The van der Waals surface area contributed by atoms with Crippen LogP contribution >= 0.6 is 11.3 Å². The molecule has 2 aliphatic heterocycles. The first-order valence-electron chi connectivity index (χ1n) is 19.1. The van der Waals surface area contributed by atoms with Gasteiger partial charge in [-0.2, -0.15) is 13.2 Å². The van der Waals surface area contributed by atoms with E-state index in [0.717, 1.165) is 23.2 Å². The molecule has 0 bridgehead atoms. The highest BCUT2D eigenvalue weighted by Crippen LogP contribution is 2.43. The summed E-state index contributed by atoms with van der Waals surface area (Å²) < 4.78 is 102. The molecule has 2 fully saturated rings. The van der Waals surface area contributed by atoms with Gasteiger partial charge in [0.05, 0.1) is 26.5 Å². The molecule has 3 aromatic rings. The molecule has 10 nitrogen and oxygen atoms in total. The molecule has 270 valence electrons. The van der Waals surface area contributed by atoms with Crippen molar-refractivity contribution >= 4 is 29.1 Å². The van der Waals surface area contributed by atoms with Crippen molar-refractivity contribution < 1.29 is 55.5 Å². The average Bonchev–Trinajstić information content (AvgIpc) is 3.55. The van der Waals surface area contributed by atoms with Crippen molar-refractivity contribution in [2.75, 3.05) is 26.2 Å². The van der Waals surface area contributed by atoms with E-state index in [2.05, 4.69) is 4.98 Å². The Morgan fingerprint density at radius 1 is 1.12 bits per heavy atom. The number of rotatable bonds is 12. The highest BCUT2D eigenvalue weighted by molar-refractivity contribution is 7.10. The molecule has 14 heteroatoms. The first-order chi connectivity index (χ1) is 26.0. The Balaban J connectivity index is 1.47. The van der Waals surface area contributed by atoms with E-state index >= 15 is 0 Å². The highest BCUT2D eigenvalue weighted by Gasteiger charge is 2.56. The fourth-order valence-electron chi connectivity index (χ4n) is 6.74. The Morgan fingerprint density at radius 2 is 1.86 bits per heavy atom. The van der Waals surface area contributed by atoms with E-state index in [-0.39, 0.29) is 63.1 Å². The van der Waals surface area contributed by atoms with Gasteiger partial charge in [-0.15, -0.1) is 11.3 Å². The fraction of sp³-hybridized carbons (Fsp3) is 0.500. The van der Waals surface area contributed by atoms with Crippen molar-refractivity contribution in [1.82, 2.24) is 14.8 Å². The number of likely N-dealkylation sites (tertiary alicyclic amines) is 2. The number of aliphatic carboxylic acids is 1. The number of amides is 2. The number of alkyl halides is 3. The van der Waals surface area contributed by atoms with E-state index in [1.54, 1.807) is 11.4 Å². The lowest BCUT2D eigenvalue weighted by molar-refractivity contribution is -0.163. The Hall–Kier alpha value is -4.17. The average molecular weight is 724 g/mol. The van der Waals surface area contributed by atoms with E-state index in [9.17, 15) is 37.8 Å². The van der Waals surface area contributed by atoms with Crippen molar-refractivity contribution in [1.29, 1.82) is 0 Å². The summed E-state index contributed by atoms with van der Waals surface area (Å²) in [5.74, 6) is -3.84. The molecule has 2 amide bonds. The van der Waals surface area contributed by atoms with Gasteiger partial charge in [-0.25, -0.2) is 0 Å². The van der Waals surface area contributed by atoms with Gasteiger partial charge in [0.15, 0.2) is 0 Å². The second-order valence-corrected chi connectivity index (χ2v) is 13.4. The molecule has 2 aliphatic rings. The van der Waals surface area contributed by atoms with E-state index in [0.29, 0.717) is 12.2 Å². The number of benzene rings is 1. The molecule has 4 heterocycles. The lowest BCUT2D eigenvalue weighted by Gasteiger charge is -2.51. The number of carboxylic acid groups (broad SMARTS) is 1. The maximum atomic E-state index is 15.0. The molecule has 2 aromatic heterocycles. The van der Waals surface area contributed by atoms with Crippen LogP contribution in [0.4, 0.5) is 13.2 Å². The van der Waals surface area contributed by atoms with Crippen molar-refractivity contribution in [2.45, 2.75) is 88.5 Å². The normalized spacial score (nSPS) is 23.4. The summed E-state index contributed by atoms with van der Waals surface area (Å²) in [5, 5.41) is 22.9. The zero-order chi connectivity index (χ0) is 41.5. The molecular formula is C36H42F3N3O7S. The maximum Gasteiger partial charge on any atom is 0.418 e. The third kappa shape index (κ3) is 7.91. The van der Waals surface area contributed by atoms with Gasteiger partial charge < -0.3 is 29.5 Å². The van der Waals surface area contributed by atoms with Crippen molar-refractivity contribution in [3.63, 3.8) is 0 Å². The molecule has 50 heavy (non-hydrogen) atoms. The fourth-order valence-corrected chi connectivity index (χ4v) is 7.35. The quantitative estimate of drug-likeness (QED) is 0.218. The third-order valence-electron chi connectivity index (χ3n) is 9.02. The first kappa shape index (κ1) is 29.5.